The van der Waals surface area contributed by atoms with Gasteiger partial charge in [-0.2, -0.15) is 0 Å². The van der Waals surface area contributed by atoms with Gasteiger partial charge in [0.05, 0.1) is 16.7 Å². The average molecular weight is 452 g/mol. The van der Waals surface area contributed by atoms with Crippen LogP contribution >= 0.6 is 15.9 Å². The molecule has 29 heavy (non-hydrogen) atoms. The van der Waals surface area contributed by atoms with Crippen molar-refractivity contribution in [2.45, 2.75) is 0 Å². The molecule has 4 aromatic rings. The van der Waals surface area contributed by atoms with E-state index in [-0.39, 0.29) is 5.91 Å². The van der Waals surface area contributed by atoms with E-state index in [9.17, 15) is 4.79 Å². The summed E-state index contributed by atoms with van der Waals surface area (Å²) in [5.74, 6) is 1.60. The molecule has 2 N–H and O–H groups in total. The van der Waals surface area contributed by atoms with Crippen LogP contribution in [0, 0.1) is 0 Å². The van der Waals surface area contributed by atoms with E-state index in [4.69, 9.17) is 4.74 Å². The number of carbonyl (C=O) groups excluding carboxylic acids is 1. The second kappa shape index (κ2) is 7.92. The first-order chi connectivity index (χ1) is 14.0. The third-order valence-corrected chi connectivity index (χ3v) is 5.09. The van der Waals surface area contributed by atoms with Gasteiger partial charge in [-0.15, -0.1) is 0 Å². The number of anilines is 2. The summed E-state index contributed by atoms with van der Waals surface area (Å²) in [5, 5.41) is 5.89. The molecule has 2 aromatic heterocycles. The Bertz CT molecular complexity index is 1200. The first kappa shape index (κ1) is 18.9. The normalized spacial score (nSPS) is 10.7. The zero-order chi connectivity index (χ0) is 20.4. The molecule has 0 saturated carbocycles. The molecule has 8 heteroatoms. The second-order valence-corrected chi connectivity index (χ2v) is 7.16. The van der Waals surface area contributed by atoms with Gasteiger partial charge in [-0.1, -0.05) is 12.1 Å². The Morgan fingerprint density at radius 3 is 2.69 bits per heavy atom. The van der Waals surface area contributed by atoms with Crippen molar-refractivity contribution in [3.8, 4) is 11.5 Å². The van der Waals surface area contributed by atoms with Crippen molar-refractivity contribution in [1.29, 1.82) is 0 Å². The first-order valence-corrected chi connectivity index (χ1v) is 9.68. The molecule has 0 unspecified atom stereocenters. The molecule has 0 aliphatic rings. The van der Waals surface area contributed by atoms with E-state index in [0.717, 1.165) is 27.1 Å². The summed E-state index contributed by atoms with van der Waals surface area (Å²) in [4.78, 5) is 20.5. The molecule has 146 valence electrons. The summed E-state index contributed by atoms with van der Waals surface area (Å²) in [7, 11) is 3.51. The Hall–Kier alpha value is -3.39. The number of para-hydroxylation sites is 1. The van der Waals surface area contributed by atoms with E-state index < -0.39 is 0 Å². The maximum Gasteiger partial charge on any atom is 0.269 e. The lowest BCUT2D eigenvalue weighted by Crippen LogP contribution is -2.18. The van der Waals surface area contributed by atoms with Crippen LogP contribution < -0.4 is 15.4 Å². The number of imidazole rings is 1. The van der Waals surface area contributed by atoms with Crippen LogP contribution in [0.15, 0.2) is 65.3 Å². The standard InChI is InChI=1S/C21H18BrN5O2/c1-23-20(28)18-12-14(9-10-24-18)29-13-7-8-19-17(11-13)26-21(27(19)2)25-16-6-4-3-5-15(16)22/h3-12H,1-2H3,(H,23,28)(H,25,26). The minimum atomic E-state index is -0.265. The molecule has 2 heterocycles. The van der Waals surface area contributed by atoms with Crippen LogP contribution in [0.4, 0.5) is 11.6 Å². The number of aryl methyl sites for hydroxylation is 1. The molecular weight excluding hydrogens is 434 g/mol. The molecule has 0 bridgehead atoms. The SMILES string of the molecule is CNC(=O)c1cc(Oc2ccc3c(c2)nc(Nc2ccccc2Br)n3C)ccn1. The lowest BCUT2D eigenvalue weighted by molar-refractivity contribution is 0.0958. The van der Waals surface area contributed by atoms with E-state index >= 15 is 0 Å². The van der Waals surface area contributed by atoms with Gasteiger partial charge < -0.3 is 19.9 Å². The summed E-state index contributed by atoms with van der Waals surface area (Å²) in [6.45, 7) is 0. The molecule has 0 fully saturated rings. The van der Waals surface area contributed by atoms with E-state index in [1.54, 1.807) is 25.4 Å². The van der Waals surface area contributed by atoms with Crippen LogP contribution in [0.5, 0.6) is 11.5 Å². The van der Waals surface area contributed by atoms with Crippen LogP contribution in [0.2, 0.25) is 0 Å². The van der Waals surface area contributed by atoms with E-state index in [0.29, 0.717) is 17.2 Å². The predicted molar refractivity (Wildman–Crippen MR) is 116 cm³/mol. The van der Waals surface area contributed by atoms with Crippen molar-refractivity contribution in [3.63, 3.8) is 0 Å². The van der Waals surface area contributed by atoms with Crippen LogP contribution in [0.25, 0.3) is 11.0 Å². The zero-order valence-corrected chi connectivity index (χ0v) is 17.4. The highest BCUT2D eigenvalue weighted by atomic mass is 79.9. The number of hydrogen-bond donors (Lipinski definition) is 2. The fraction of sp³-hybridized carbons (Fsp3) is 0.0952. The molecule has 0 saturated heterocycles. The van der Waals surface area contributed by atoms with Crippen LogP contribution in [-0.2, 0) is 7.05 Å². The molecule has 4 rings (SSSR count). The van der Waals surface area contributed by atoms with Crippen LogP contribution in [-0.4, -0.2) is 27.5 Å². The van der Waals surface area contributed by atoms with Crippen molar-refractivity contribution in [2.24, 2.45) is 7.05 Å². The van der Waals surface area contributed by atoms with E-state index in [1.807, 2.05) is 54.1 Å². The maximum absolute atomic E-state index is 11.8. The second-order valence-electron chi connectivity index (χ2n) is 6.31. The van der Waals surface area contributed by atoms with E-state index in [1.165, 1.54) is 0 Å². The molecule has 1 amide bonds. The molecule has 0 aliphatic carbocycles. The largest absolute Gasteiger partial charge is 0.457 e. The van der Waals surface area contributed by atoms with Crippen molar-refractivity contribution in [3.05, 3.63) is 71.0 Å². The number of aromatic nitrogens is 3. The molecule has 0 atom stereocenters. The summed E-state index contributed by atoms with van der Waals surface area (Å²) in [5.41, 5.74) is 2.98. The topological polar surface area (TPSA) is 81.1 Å². The number of hydrogen-bond acceptors (Lipinski definition) is 5. The van der Waals surface area contributed by atoms with Gasteiger partial charge in [-0.3, -0.25) is 9.78 Å². The maximum atomic E-state index is 11.8. The quantitative estimate of drug-likeness (QED) is 0.462. The monoisotopic (exact) mass is 451 g/mol. The van der Waals surface area contributed by atoms with Gasteiger partial charge >= 0.3 is 0 Å². The number of rotatable bonds is 5. The number of nitrogens with one attached hydrogen (secondary N) is 2. The minimum Gasteiger partial charge on any atom is -0.457 e. The number of pyridine rings is 1. The fourth-order valence-corrected chi connectivity index (χ4v) is 3.28. The lowest BCUT2D eigenvalue weighted by atomic mass is 10.3. The van der Waals surface area contributed by atoms with Crippen molar-refractivity contribution in [2.75, 3.05) is 12.4 Å². The Balaban J connectivity index is 1.62. The van der Waals surface area contributed by atoms with Crippen molar-refractivity contribution < 1.29 is 9.53 Å². The third kappa shape index (κ3) is 3.93. The number of amides is 1. The lowest BCUT2D eigenvalue weighted by Gasteiger charge is -2.08. The number of nitrogens with zero attached hydrogens (tertiary/aromatic N) is 3. The predicted octanol–water partition coefficient (Wildman–Crippen LogP) is 4.63. The Morgan fingerprint density at radius 2 is 1.90 bits per heavy atom. The molecule has 0 radical (unpaired) electrons. The van der Waals surface area contributed by atoms with E-state index in [2.05, 4.69) is 36.5 Å². The Kier molecular flexibility index (Phi) is 5.18. The van der Waals surface area contributed by atoms with Gasteiger partial charge in [-0.25, -0.2) is 4.98 Å². The minimum absolute atomic E-state index is 0.265. The summed E-state index contributed by atoms with van der Waals surface area (Å²) >= 11 is 3.54. The third-order valence-electron chi connectivity index (χ3n) is 4.40. The van der Waals surface area contributed by atoms with Gasteiger partial charge in [0.15, 0.2) is 0 Å². The number of halogens is 1. The van der Waals surface area contributed by atoms with Gasteiger partial charge in [-0.05, 0) is 46.3 Å². The van der Waals surface area contributed by atoms with Crippen LogP contribution in [0.1, 0.15) is 10.5 Å². The average Bonchev–Trinajstić information content (AvgIpc) is 3.04. The van der Waals surface area contributed by atoms with Gasteiger partial charge in [0, 0.05) is 36.9 Å². The fourth-order valence-electron chi connectivity index (χ4n) is 2.90. The zero-order valence-electron chi connectivity index (χ0n) is 15.8. The first-order valence-electron chi connectivity index (χ1n) is 8.89. The highest BCUT2D eigenvalue weighted by Crippen LogP contribution is 2.30. The molecule has 0 aliphatic heterocycles. The van der Waals surface area contributed by atoms with Crippen LogP contribution in [0.3, 0.4) is 0 Å². The molecule has 0 spiro atoms. The highest BCUT2D eigenvalue weighted by Gasteiger charge is 2.11. The Labute approximate surface area is 175 Å². The number of benzene rings is 2. The smallest absolute Gasteiger partial charge is 0.269 e. The summed E-state index contributed by atoms with van der Waals surface area (Å²) in [6.07, 6.45) is 1.54. The summed E-state index contributed by atoms with van der Waals surface area (Å²) < 4.78 is 8.85. The molecular formula is C21H18BrN5O2. The molecule has 2 aromatic carbocycles. The number of carbonyl (C=O) groups is 1. The van der Waals surface area contributed by atoms with Gasteiger partial charge in [0.25, 0.3) is 5.91 Å². The Morgan fingerprint density at radius 1 is 1.10 bits per heavy atom. The summed E-state index contributed by atoms with van der Waals surface area (Å²) in [6, 6.07) is 16.9. The highest BCUT2D eigenvalue weighted by molar-refractivity contribution is 9.10. The number of fused-ring (bicyclic) bond motifs is 1. The van der Waals surface area contributed by atoms with Crippen molar-refractivity contribution in [1.82, 2.24) is 19.9 Å². The van der Waals surface area contributed by atoms with Crippen molar-refractivity contribution >= 4 is 44.5 Å². The van der Waals surface area contributed by atoms with Gasteiger partial charge in [0.1, 0.15) is 17.2 Å². The molecule has 7 nitrogen and oxygen atoms in total. The number of ether oxygens (including phenoxy) is 1. The van der Waals surface area contributed by atoms with Gasteiger partial charge in [0.2, 0.25) is 5.95 Å².